The Morgan fingerprint density at radius 1 is 1.05 bits per heavy atom. The highest BCUT2D eigenvalue weighted by Crippen LogP contribution is 2.34. The van der Waals surface area contributed by atoms with E-state index in [1.165, 1.54) is 37.4 Å². The highest BCUT2D eigenvalue weighted by molar-refractivity contribution is 5.91. The lowest BCUT2D eigenvalue weighted by Gasteiger charge is -2.10. The maximum atomic E-state index is 13.2. The van der Waals surface area contributed by atoms with Gasteiger partial charge in [-0.3, -0.25) is 0 Å². The molecule has 0 atom stereocenters. The Morgan fingerprint density at radius 2 is 1.71 bits per heavy atom. The van der Waals surface area contributed by atoms with E-state index in [9.17, 15) is 22.4 Å². The zero-order valence-electron chi connectivity index (χ0n) is 10.9. The molecule has 0 N–H and O–H groups in total. The molecular formula is C15H10F4O2. The number of alkyl halides is 3. The molecule has 0 spiro atoms. The van der Waals surface area contributed by atoms with Crippen LogP contribution in [0.4, 0.5) is 17.6 Å². The second-order valence-electron chi connectivity index (χ2n) is 4.26. The van der Waals surface area contributed by atoms with Crippen LogP contribution in [0.2, 0.25) is 0 Å². The monoisotopic (exact) mass is 298 g/mol. The molecule has 0 bridgehead atoms. The van der Waals surface area contributed by atoms with Crippen molar-refractivity contribution in [1.82, 2.24) is 0 Å². The summed E-state index contributed by atoms with van der Waals surface area (Å²) in [5, 5.41) is 0. The summed E-state index contributed by atoms with van der Waals surface area (Å²) in [7, 11) is 1.20. The summed E-state index contributed by atoms with van der Waals surface area (Å²) in [5.74, 6) is -1.94. The van der Waals surface area contributed by atoms with E-state index in [2.05, 4.69) is 4.74 Å². The number of rotatable bonds is 2. The maximum absolute atomic E-state index is 13.2. The van der Waals surface area contributed by atoms with Gasteiger partial charge in [0.15, 0.2) is 0 Å². The standard InChI is InChI=1S/C15H10F4O2/c1-21-14(20)11-4-2-3-9(7-11)10-5-6-13(16)12(8-10)15(17,18)19/h2-8H,1H3. The van der Waals surface area contributed by atoms with E-state index < -0.39 is 23.5 Å². The average molecular weight is 298 g/mol. The molecule has 0 unspecified atom stereocenters. The van der Waals surface area contributed by atoms with Gasteiger partial charge in [0.1, 0.15) is 5.82 Å². The fourth-order valence-electron chi connectivity index (χ4n) is 1.87. The summed E-state index contributed by atoms with van der Waals surface area (Å²) in [4.78, 5) is 11.4. The van der Waals surface area contributed by atoms with Gasteiger partial charge in [-0.1, -0.05) is 18.2 Å². The van der Waals surface area contributed by atoms with Gasteiger partial charge in [0, 0.05) is 0 Å². The van der Waals surface area contributed by atoms with E-state index in [0.717, 1.165) is 6.07 Å². The van der Waals surface area contributed by atoms with Crippen LogP contribution in [0.5, 0.6) is 0 Å². The average Bonchev–Trinajstić information content (AvgIpc) is 2.46. The van der Waals surface area contributed by atoms with Crippen molar-refractivity contribution in [2.24, 2.45) is 0 Å². The number of carbonyl (C=O) groups excluding carboxylic acids is 1. The first-order valence-corrected chi connectivity index (χ1v) is 5.88. The Labute approximate surface area is 118 Å². The second kappa shape index (κ2) is 5.55. The van der Waals surface area contributed by atoms with E-state index in [0.29, 0.717) is 11.6 Å². The Hall–Kier alpha value is -2.37. The number of hydrogen-bond donors (Lipinski definition) is 0. The van der Waals surface area contributed by atoms with Gasteiger partial charge in [-0.05, 0) is 35.4 Å². The molecule has 0 aromatic heterocycles. The van der Waals surface area contributed by atoms with E-state index >= 15 is 0 Å². The Balaban J connectivity index is 2.50. The van der Waals surface area contributed by atoms with Crippen LogP contribution < -0.4 is 0 Å². The number of carbonyl (C=O) groups is 1. The molecular weight excluding hydrogens is 288 g/mol. The second-order valence-corrected chi connectivity index (χ2v) is 4.26. The van der Waals surface area contributed by atoms with Crippen molar-refractivity contribution in [2.45, 2.75) is 6.18 Å². The SMILES string of the molecule is COC(=O)c1cccc(-c2ccc(F)c(C(F)(F)F)c2)c1. The zero-order valence-corrected chi connectivity index (χ0v) is 10.9. The number of halogens is 4. The number of benzene rings is 2. The first kappa shape index (κ1) is 15.0. The summed E-state index contributed by atoms with van der Waals surface area (Å²) in [6.45, 7) is 0. The molecule has 21 heavy (non-hydrogen) atoms. The van der Waals surface area contributed by atoms with Crippen molar-refractivity contribution >= 4 is 5.97 Å². The van der Waals surface area contributed by atoms with Crippen molar-refractivity contribution in [3.05, 3.63) is 59.4 Å². The van der Waals surface area contributed by atoms with Crippen molar-refractivity contribution in [3.8, 4) is 11.1 Å². The van der Waals surface area contributed by atoms with Gasteiger partial charge in [0.05, 0.1) is 18.2 Å². The molecule has 110 valence electrons. The zero-order chi connectivity index (χ0) is 15.6. The Morgan fingerprint density at radius 3 is 2.33 bits per heavy atom. The topological polar surface area (TPSA) is 26.3 Å². The molecule has 0 radical (unpaired) electrons. The van der Waals surface area contributed by atoms with Gasteiger partial charge in [-0.2, -0.15) is 13.2 Å². The van der Waals surface area contributed by atoms with Gasteiger partial charge in [0.2, 0.25) is 0 Å². The third kappa shape index (κ3) is 3.21. The Bertz CT molecular complexity index is 678. The van der Waals surface area contributed by atoms with E-state index in [-0.39, 0.29) is 11.1 Å². The summed E-state index contributed by atoms with van der Waals surface area (Å²) < 4.78 is 55.9. The third-order valence-electron chi connectivity index (χ3n) is 2.89. The fraction of sp³-hybridized carbons (Fsp3) is 0.133. The summed E-state index contributed by atoms with van der Waals surface area (Å²) >= 11 is 0. The Kier molecular flexibility index (Phi) is 3.97. The lowest BCUT2D eigenvalue weighted by Crippen LogP contribution is -2.08. The van der Waals surface area contributed by atoms with Crippen LogP contribution in [0.1, 0.15) is 15.9 Å². The molecule has 0 aliphatic rings. The lowest BCUT2D eigenvalue weighted by molar-refractivity contribution is -0.139. The van der Waals surface area contributed by atoms with Crippen molar-refractivity contribution in [3.63, 3.8) is 0 Å². The van der Waals surface area contributed by atoms with Gasteiger partial charge in [-0.25, -0.2) is 9.18 Å². The number of methoxy groups -OCH3 is 1. The van der Waals surface area contributed by atoms with Crippen molar-refractivity contribution in [1.29, 1.82) is 0 Å². The minimum Gasteiger partial charge on any atom is -0.465 e. The van der Waals surface area contributed by atoms with Crippen LogP contribution in [0.25, 0.3) is 11.1 Å². The summed E-state index contributed by atoms with van der Waals surface area (Å²) in [5.41, 5.74) is -0.616. The van der Waals surface area contributed by atoms with Crippen molar-refractivity contribution in [2.75, 3.05) is 7.11 Å². The molecule has 0 saturated heterocycles. The van der Waals surface area contributed by atoms with Gasteiger partial charge in [-0.15, -0.1) is 0 Å². The third-order valence-corrected chi connectivity index (χ3v) is 2.89. The van der Waals surface area contributed by atoms with Gasteiger partial charge >= 0.3 is 12.1 Å². The quantitative estimate of drug-likeness (QED) is 0.610. The van der Waals surface area contributed by atoms with Crippen molar-refractivity contribution < 1.29 is 27.1 Å². The van der Waals surface area contributed by atoms with Crippen LogP contribution in [0.15, 0.2) is 42.5 Å². The number of hydrogen-bond acceptors (Lipinski definition) is 2. The molecule has 0 amide bonds. The van der Waals surface area contributed by atoms with Gasteiger partial charge in [0.25, 0.3) is 0 Å². The van der Waals surface area contributed by atoms with E-state index in [4.69, 9.17) is 0 Å². The predicted molar refractivity (Wildman–Crippen MR) is 68.2 cm³/mol. The minimum absolute atomic E-state index is 0.162. The number of ether oxygens (including phenoxy) is 1. The molecule has 2 nitrogen and oxygen atoms in total. The maximum Gasteiger partial charge on any atom is 0.419 e. The molecule has 2 rings (SSSR count). The lowest BCUT2D eigenvalue weighted by atomic mass is 10.0. The molecule has 0 aliphatic heterocycles. The van der Waals surface area contributed by atoms with E-state index in [1.807, 2.05) is 0 Å². The first-order valence-electron chi connectivity index (χ1n) is 5.88. The normalized spacial score (nSPS) is 11.3. The molecule has 0 saturated carbocycles. The molecule has 0 fully saturated rings. The highest BCUT2D eigenvalue weighted by Gasteiger charge is 2.34. The van der Waals surface area contributed by atoms with Gasteiger partial charge < -0.3 is 4.74 Å². The molecule has 2 aromatic carbocycles. The highest BCUT2D eigenvalue weighted by atomic mass is 19.4. The fourth-order valence-corrected chi connectivity index (χ4v) is 1.87. The summed E-state index contributed by atoms with van der Waals surface area (Å²) in [6, 6.07) is 8.59. The molecule has 6 heteroatoms. The molecule has 0 aliphatic carbocycles. The molecule has 0 heterocycles. The van der Waals surface area contributed by atoms with Crippen LogP contribution in [0.3, 0.4) is 0 Å². The number of esters is 1. The van der Waals surface area contributed by atoms with Crippen LogP contribution in [-0.2, 0) is 10.9 Å². The predicted octanol–water partition coefficient (Wildman–Crippen LogP) is 4.30. The first-order chi connectivity index (χ1) is 9.82. The summed E-state index contributed by atoms with van der Waals surface area (Å²) in [6.07, 6.45) is -4.78. The van der Waals surface area contributed by atoms with Crippen LogP contribution >= 0.6 is 0 Å². The van der Waals surface area contributed by atoms with E-state index in [1.54, 1.807) is 0 Å². The van der Waals surface area contributed by atoms with Crippen LogP contribution in [0, 0.1) is 5.82 Å². The largest absolute Gasteiger partial charge is 0.465 e. The minimum atomic E-state index is -4.78. The van der Waals surface area contributed by atoms with Crippen LogP contribution in [-0.4, -0.2) is 13.1 Å². The smallest absolute Gasteiger partial charge is 0.419 e. The molecule has 2 aromatic rings.